The topological polar surface area (TPSA) is 68.3 Å². The average Bonchev–Trinajstić information content (AvgIpc) is 3.18. The fourth-order valence-corrected chi connectivity index (χ4v) is 2.44. The van der Waals surface area contributed by atoms with Gasteiger partial charge < -0.3 is 15.2 Å². The SMILES string of the molecule is CCOc1cccc(CC(C)N)c1OCC1(CC#N)CC1. The second kappa shape index (κ2) is 6.82. The van der Waals surface area contributed by atoms with Crippen LogP contribution in [0.2, 0.25) is 0 Å². The highest BCUT2D eigenvalue weighted by Crippen LogP contribution is 2.49. The van der Waals surface area contributed by atoms with Crippen LogP contribution in [0.25, 0.3) is 0 Å². The zero-order valence-corrected chi connectivity index (χ0v) is 12.9. The summed E-state index contributed by atoms with van der Waals surface area (Å²) in [6.07, 6.45) is 3.45. The van der Waals surface area contributed by atoms with Crippen molar-refractivity contribution in [3.8, 4) is 17.6 Å². The first-order valence-corrected chi connectivity index (χ1v) is 7.60. The Balaban J connectivity index is 2.16. The molecule has 2 rings (SSSR count). The summed E-state index contributed by atoms with van der Waals surface area (Å²) in [5.41, 5.74) is 7.05. The second-order valence-electron chi connectivity index (χ2n) is 5.98. The van der Waals surface area contributed by atoms with Gasteiger partial charge in [0.25, 0.3) is 0 Å². The summed E-state index contributed by atoms with van der Waals surface area (Å²) in [5.74, 6) is 1.56. The van der Waals surface area contributed by atoms with E-state index in [-0.39, 0.29) is 11.5 Å². The van der Waals surface area contributed by atoms with Crippen molar-refractivity contribution in [2.45, 2.75) is 45.6 Å². The van der Waals surface area contributed by atoms with Crippen molar-refractivity contribution in [2.24, 2.45) is 11.1 Å². The third-order valence-corrected chi connectivity index (χ3v) is 3.84. The molecule has 1 unspecified atom stereocenters. The zero-order valence-electron chi connectivity index (χ0n) is 12.9. The Labute approximate surface area is 126 Å². The molecule has 1 aliphatic rings. The summed E-state index contributed by atoms with van der Waals surface area (Å²) in [4.78, 5) is 0. The first-order valence-electron chi connectivity index (χ1n) is 7.60. The standard InChI is InChI=1S/C17H24N2O2/c1-3-20-15-6-4-5-14(11-13(2)19)16(15)21-12-17(7-8-17)9-10-18/h4-6,13H,3,7-9,11-12,19H2,1-2H3. The summed E-state index contributed by atoms with van der Waals surface area (Å²) in [5, 5.41) is 8.90. The number of ether oxygens (including phenoxy) is 2. The van der Waals surface area contributed by atoms with Gasteiger partial charge in [0.15, 0.2) is 11.5 Å². The number of nitrogens with two attached hydrogens (primary N) is 1. The highest BCUT2D eigenvalue weighted by Gasteiger charge is 2.43. The van der Waals surface area contributed by atoms with E-state index in [4.69, 9.17) is 20.5 Å². The fourth-order valence-electron chi connectivity index (χ4n) is 2.44. The van der Waals surface area contributed by atoms with Gasteiger partial charge in [0.2, 0.25) is 0 Å². The first-order chi connectivity index (χ1) is 10.1. The Morgan fingerprint density at radius 3 is 2.71 bits per heavy atom. The maximum absolute atomic E-state index is 8.90. The van der Waals surface area contributed by atoms with Crippen LogP contribution in [0.5, 0.6) is 11.5 Å². The van der Waals surface area contributed by atoms with Crippen LogP contribution >= 0.6 is 0 Å². The van der Waals surface area contributed by atoms with E-state index in [1.807, 2.05) is 32.0 Å². The van der Waals surface area contributed by atoms with Gasteiger partial charge in [-0.05, 0) is 44.7 Å². The highest BCUT2D eigenvalue weighted by molar-refractivity contribution is 5.47. The second-order valence-corrected chi connectivity index (χ2v) is 5.98. The number of nitrogens with zero attached hydrogens (tertiary/aromatic N) is 1. The minimum absolute atomic E-state index is 0.0552. The van der Waals surface area contributed by atoms with Crippen molar-refractivity contribution >= 4 is 0 Å². The van der Waals surface area contributed by atoms with Gasteiger partial charge in [-0.25, -0.2) is 0 Å². The summed E-state index contributed by atoms with van der Waals surface area (Å²) < 4.78 is 11.7. The van der Waals surface area contributed by atoms with Gasteiger partial charge >= 0.3 is 0 Å². The minimum Gasteiger partial charge on any atom is -0.490 e. The van der Waals surface area contributed by atoms with Crippen LogP contribution in [-0.2, 0) is 6.42 Å². The lowest BCUT2D eigenvalue weighted by atomic mass is 10.0. The third-order valence-electron chi connectivity index (χ3n) is 3.84. The van der Waals surface area contributed by atoms with Crippen molar-refractivity contribution in [3.63, 3.8) is 0 Å². The fraction of sp³-hybridized carbons (Fsp3) is 0.588. The van der Waals surface area contributed by atoms with E-state index >= 15 is 0 Å². The van der Waals surface area contributed by atoms with E-state index in [0.717, 1.165) is 36.3 Å². The molecule has 21 heavy (non-hydrogen) atoms. The molecule has 1 aliphatic carbocycles. The van der Waals surface area contributed by atoms with Crippen molar-refractivity contribution < 1.29 is 9.47 Å². The molecule has 0 aromatic heterocycles. The average molecular weight is 288 g/mol. The quantitative estimate of drug-likeness (QED) is 0.798. The molecule has 0 saturated heterocycles. The number of hydrogen-bond donors (Lipinski definition) is 1. The molecular formula is C17H24N2O2. The van der Waals surface area contributed by atoms with Gasteiger partial charge in [-0.3, -0.25) is 0 Å². The lowest BCUT2D eigenvalue weighted by Gasteiger charge is -2.19. The van der Waals surface area contributed by atoms with Gasteiger partial charge in [0.1, 0.15) is 0 Å². The first kappa shape index (κ1) is 15.7. The maximum Gasteiger partial charge on any atom is 0.164 e. The predicted octanol–water partition coefficient (Wildman–Crippen LogP) is 3.05. The molecule has 0 spiro atoms. The maximum atomic E-state index is 8.90. The van der Waals surface area contributed by atoms with Crippen molar-refractivity contribution in [1.29, 1.82) is 5.26 Å². The summed E-state index contributed by atoms with van der Waals surface area (Å²) in [7, 11) is 0. The molecule has 1 atom stereocenters. The summed E-state index contributed by atoms with van der Waals surface area (Å²) in [6, 6.07) is 8.26. The summed E-state index contributed by atoms with van der Waals surface area (Å²) in [6.45, 7) is 5.12. The number of benzene rings is 1. The van der Waals surface area contributed by atoms with Crippen molar-refractivity contribution in [2.75, 3.05) is 13.2 Å². The number of hydrogen-bond acceptors (Lipinski definition) is 4. The number of rotatable bonds is 8. The van der Waals surface area contributed by atoms with Gasteiger partial charge in [-0.1, -0.05) is 12.1 Å². The molecule has 4 heteroatoms. The largest absolute Gasteiger partial charge is 0.490 e. The predicted molar refractivity (Wildman–Crippen MR) is 82.4 cm³/mol. The highest BCUT2D eigenvalue weighted by atomic mass is 16.5. The zero-order chi connectivity index (χ0) is 15.3. The molecule has 0 bridgehead atoms. The van der Waals surface area contributed by atoms with Gasteiger partial charge in [0.05, 0.1) is 19.3 Å². The lowest BCUT2D eigenvalue weighted by Crippen LogP contribution is -2.19. The number of nitriles is 1. The van der Waals surface area contributed by atoms with Gasteiger partial charge in [-0.15, -0.1) is 0 Å². The van der Waals surface area contributed by atoms with Crippen LogP contribution in [-0.4, -0.2) is 19.3 Å². The van der Waals surface area contributed by atoms with Crippen LogP contribution in [0.1, 0.15) is 38.7 Å². The van der Waals surface area contributed by atoms with Gasteiger partial charge in [-0.2, -0.15) is 5.26 Å². The van der Waals surface area contributed by atoms with E-state index in [2.05, 4.69) is 6.07 Å². The van der Waals surface area contributed by atoms with E-state index in [1.165, 1.54) is 0 Å². The van der Waals surface area contributed by atoms with E-state index < -0.39 is 0 Å². The Morgan fingerprint density at radius 2 is 2.14 bits per heavy atom. The normalized spacial score (nSPS) is 16.9. The van der Waals surface area contributed by atoms with E-state index in [0.29, 0.717) is 19.6 Å². The molecule has 1 aromatic rings. The summed E-state index contributed by atoms with van der Waals surface area (Å²) >= 11 is 0. The Hall–Kier alpha value is -1.73. The number of para-hydroxylation sites is 1. The Kier molecular flexibility index (Phi) is 5.08. The third kappa shape index (κ3) is 4.12. The van der Waals surface area contributed by atoms with Crippen LogP contribution in [0, 0.1) is 16.7 Å². The molecule has 0 heterocycles. The minimum atomic E-state index is 0.0552. The van der Waals surface area contributed by atoms with Crippen molar-refractivity contribution in [3.05, 3.63) is 23.8 Å². The molecule has 4 nitrogen and oxygen atoms in total. The van der Waals surface area contributed by atoms with E-state index in [1.54, 1.807) is 0 Å². The molecule has 1 saturated carbocycles. The Morgan fingerprint density at radius 1 is 1.38 bits per heavy atom. The van der Waals surface area contributed by atoms with E-state index in [9.17, 15) is 0 Å². The van der Waals surface area contributed by atoms with Crippen LogP contribution in [0.15, 0.2) is 18.2 Å². The van der Waals surface area contributed by atoms with Gasteiger partial charge in [0, 0.05) is 17.9 Å². The lowest BCUT2D eigenvalue weighted by molar-refractivity contribution is 0.219. The molecule has 0 amide bonds. The molecular weight excluding hydrogens is 264 g/mol. The smallest absolute Gasteiger partial charge is 0.164 e. The Bertz CT molecular complexity index is 516. The van der Waals surface area contributed by atoms with Crippen LogP contribution in [0.4, 0.5) is 0 Å². The van der Waals surface area contributed by atoms with Crippen LogP contribution in [0.3, 0.4) is 0 Å². The molecule has 0 radical (unpaired) electrons. The molecule has 114 valence electrons. The molecule has 1 fully saturated rings. The monoisotopic (exact) mass is 288 g/mol. The van der Waals surface area contributed by atoms with Crippen LogP contribution < -0.4 is 15.2 Å². The molecule has 0 aliphatic heterocycles. The molecule has 2 N–H and O–H groups in total. The van der Waals surface area contributed by atoms with Crippen molar-refractivity contribution in [1.82, 2.24) is 0 Å². The molecule has 1 aromatic carbocycles.